The predicted octanol–water partition coefficient (Wildman–Crippen LogP) is 2.44. The molecule has 0 bridgehead atoms. The first-order valence-corrected chi connectivity index (χ1v) is 11.1. The monoisotopic (exact) mass is 403 g/mol. The lowest BCUT2D eigenvalue weighted by molar-refractivity contribution is 0.124. The fraction of sp³-hybridized carbons (Fsp3) is 0.526. The molecule has 2 aromatic rings. The molecule has 1 aliphatic rings. The molecule has 1 aromatic heterocycles. The summed E-state index contributed by atoms with van der Waals surface area (Å²) in [6.07, 6.45) is 1.54. The summed E-state index contributed by atoms with van der Waals surface area (Å²) < 4.78 is 31.9. The number of piperazine rings is 1. The number of hydrogen-bond acceptors (Lipinski definition) is 7. The molecule has 1 unspecified atom stereocenters. The van der Waals surface area contributed by atoms with Crippen LogP contribution in [0.1, 0.15) is 38.1 Å². The first-order chi connectivity index (χ1) is 13.5. The van der Waals surface area contributed by atoms with Gasteiger partial charge in [0.2, 0.25) is 21.7 Å². The van der Waals surface area contributed by atoms with Gasteiger partial charge in [-0.25, -0.2) is 8.42 Å². The molecule has 0 radical (unpaired) electrons. The molecule has 3 rings (SSSR count). The van der Waals surface area contributed by atoms with Crippen molar-refractivity contribution in [2.75, 3.05) is 31.9 Å². The van der Waals surface area contributed by atoms with Crippen LogP contribution in [-0.4, -0.2) is 59.7 Å². The van der Waals surface area contributed by atoms with Gasteiger partial charge in [0.25, 0.3) is 0 Å². The van der Waals surface area contributed by atoms with Crippen molar-refractivity contribution in [1.82, 2.24) is 19.3 Å². The second-order valence-electron chi connectivity index (χ2n) is 6.86. The molecule has 1 atom stereocenters. The molecule has 1 fully saturated rings. The molecule has 1 aromatic carbocycles. The minimum Gasteiger partial charge on any atom is -0.337 e. The Morgan fingerprint density at radius 3 is 2.57 bits per heavy atom. The number of nitrogens with zero attached hydrogens (tertiary/aromatic N) is 5. The van der Waals surface area contributed by atoms with Gasteiger partial charge >= 0.3 is 0 Å². The molecule has 1 saturated heterocycles. The molecule has 8 nitrogen and oxygen atoms in total. The summed E-state index contributed by atoms with van der Waals surface area (Å²) in [5.74, 6) is 1.20. The molecule has 9 heteroatoms. The smallest absolute Gasteiger partial charge is 0.244 e. The van der Waals surface area contributed by atoms with Gasteiger partial charge in [0.1, 0.15) is 0 Å². The molecule has 2 heterocycles. The van der Waals surface area contributed by atoms with Crippen LogP contribution in [0.25, 0.3) is 11.4 Å². The molecule has 0 amide bonds. The number of hydrogen-bond donors (Lipinski definition) is 0. The Labute approximate surface area is 165 Å². The maximum absolute atomic E-state index is 12.4. The summed E-state index contributed by atoms with van der Waals surface area (Å²) >= 11 is 0. The van der Waals surface area contributed by atoms with Crippen molar-refractivity contribution in [2.45, 2.75) is 32.2 Å². The molecular weight excluding hydrogens is 378 g/mol. The minimum absolute atomic E-state index is 0.0783. The van der Waals surface area contributed by atoms with Crippen LogP contribution in [0.4, 0.5) is 0 Å². The average molecular weight is 404 g/mol. The number of rotatable bonds is 8. The van der Waals surface area contributed by atoms with E-state index >= 15 is 0 Å². The normalized spacial score (nSPS) is 17.3. The third kappa shape index (κ3) is 4.95. The van der Waals surface area contributed by atoms with Crippen LogP contribution in [0.3, 0.4) is 0 Å². The van der Waals surface area contributed by atoms with Gasteiger partial charge in [0.05, 0.1) is 17.9 Å². The molecule has 0 saturated carbocycles. The van der Waals surface area contributed by atoms with Crippen LogP contribution in [0.15, 0.2) is 34.9 Å². The quantitative estimate of drug-likeness (QED) is 0.624. The van der Waals surface area contributed by atoms with Crippen molar-refractivity contribution in [2.24, 2.45) is 0 Å². The van der Waals surface area contributed by atoms with E-state index in [1.54, 1.807) is 4.31 Å². The number of sulfonamides is 1. The largest absolute Gasteiger partial charge is 0.337 e. The lowest BCUT2D eigenvalue weighted by Crippen LogP contribution is -2.49. The highest BCUT2D eigenvalue weighted by Crippen LogP contribution is 2.24. The van der Waals surface area contributed by atoms with Gasteiger partial charge in [0, 0.05) is 38.2 Å². The highest BCUT2D eigenvalue weighted by molar-refractivity contribution is 7.89. The molecule has 150 valence electrons. The maximum Gasteiger partial charge on any atom is 0.244 e. The van der Waals surface area contributed by atoms with E-state index in [0.717, 1.165) is 5.56 Å². The number of benzene rings is 1. The van der Waals surface area contributed by atoms with Crippen LogP contribution < -0.4 is 0 Å². The van der Waals surface area contributed by atoms with Gasteiger partial charge in [-0.05, 0) is 19.8 Å². The van der Waals surface area contributed by atoms with E-state index in [1.165, 1.54) is 0 Å². The highest BCUT2D eigenvalue weighted by atomic mass is 32.2. The van der Waals surface area contributed by atoms with Gasteiger partial charge in [-0.3, -0.25) is 4.90 Å². The van der Waals surface area contributed by atoms with E-state index in [-0.39, 0.29) is 11.8 Å². The maximum atomic E-state index is 12.4. The summed E-state index contributed by atoms with van der Waals surface area (Å²) in [4.78, 5) is 6.66. The van der Waals surface area contributed by atoms with E-state index in [0.29, 0.717) is 57.2 Å². The van der Waals surface area contributed by atoms with Crippen molar-refractivity contribution < 1.29 is 12.9 Å². The van der Waals surface area contributed by atoms with E-state index < -0.39 is 10.0 Å². The fourth-order valence-corrected chi connectivity index (χ4v) is 4.80. The Hall–Kier alpha value is -2.28. The lowest BCUT2D eigenvalue weighted by atomic mass is 10.2. The second-order valence-corrected chi connectivity index (χ2v) is 8.95. The fourth-order valence-electron chi connectivity index (χ4n) is 3.25. The van der Waals surface area contributed by atoms with E-state index in [1.807, 2.05) is 43.3 Å². The number of aromatic nitrogens is 2. The second kappa shape index (κ2) is 9.28. The van der Waals surface area contributed by atoms with Gasteiger partial charge in [-0.1, -0.05) is 35.5 Å². The third-order valence-electron chi connectivity index (χ3n) is 4.99. The zero-order valence-corrected chi connectivity index (χ0v) is 16.8. The summed E-state index contributed by atoms with van der Waals surface area (Å²) in [5, 5.41) is 12.6. The number of unbranched alkanes of at least 4 members (excludes halogenated alkanes) is 2. The Morgan fingerprint density at radius 2 is 1.89 bits per heavy atom. The van der Waals surface area contributed by atoms with Crippen LogP contribution in [-0.2, 0) is 10.0 Å². The van der Waals surface area contributed by atoms with Crippen molar-refractivity contribution >= 4 is 10.0 Å². The molecule has 1 aliphatic heterocycles. The summed E-state index contributed by atoms with van der Waals surface area (Å²) in [6.45, 7) is 4.12. The van der Waals surface area contributed by atoms with Crippen molar-refractivity contribution in [3.8, 4) is 17.5 Å². The zero-order valence-electron chi connectivity index (χ0n) is 16.0. The third-order valence-corrected chi connectivity index (χ3v) is 6.94. The molecule has 0 N–H and O–H groups in total. The first kappa shape index (κ1) is 20.5. The Bertz CT molecular complexity index is 899. The molecule has 28 heavy (non-hydrogen) atoms. The van der Waals surface area contributed by atoms with Crippen molar-refractivity contribution in [1.29, 1.82) is 5.26 Å². The summed E-state index contributed by atoms with van der Waals surface area (Å²) in [6, 6.07) is 11.6. The van der Waals surface area contributed by atoms with Crippen molar-refractivity contribution in [3.05, 3.63) is 36.2 Å². The van der Waals surface area contributed by atoms with Gasteiger partial charge in [-0.2, -0.15) is 14.6 Å². The van der Waals surface area contributed by atoms with E-state index in [2.05, 4.69) is 15.0 Å². The van der Waals surface area contributed by atoms with Crippen LogP contribution in [0.5, 0.6) is 0 Å². The minimum atomic E-state index is -3.26. The Morgan fingerprint density at radius 1 is 1.18 bits per heavy atom. The molecule has 0 aliphatic carbocycles. The summed E-state index contributed by atoms with van der Waals surface area (Å²) in [5.41, 5.74) is 0.900. The first-order valence-electron chi connectivity index (χ1n) is 9.49. The van der Waals surface area contributed by atoms with Gasteiger partial charge in [-0.15, -0.1) is 0 Å². The topological polar surface area (TPSA) is 103 Å². The standard InChI is InChI=1S/C19H25N5O3S/c1-16(19-21-18(22-27-19)17-8-4-2-5-9-17)23-11-13-24(14-12-23)28(25,26)15-7-3-6-10-20/h2,4-5,8-9,16H,3,6-7,11-15H2,1H3. The van der Waals surface area contributed by atoms with Gasteiger partial charge in [0.15, 0.2) is 0 Å². The van der Waals surface area contributed by atoms with E-state index in [9.17, 15) is 8.42 Å². The number of nitriles is 1. The Kier molecular flexibility index (Phi) is 6.78. The van der Waals surface area contributed by atoms with Crippen LogP contribution in [0, 0.1) is 11.3 Å². The van der Waals surface area contributed by atoms with E-state index in [4.69, 9.17) is 9.78 Å². The average Bonchev–Trinajstić information content (AvgIpc) is 3.22. The Balaban J connectivity index is 1.55. The van der Waals surface area contributed by atoms with Crippen LogP contribution >= 0.6 is 0 Å². The van der Waals surface area contributed by atoms with Crippen LogP contribution in [0.2, 0.25) is 0 Å². The SMILES string of the molecule is CC(c1nc(-c2ccccc2)no1)N1CCN(S(=O)(=O)CCCCC#N)CC1. The lowest BCUT2D eigenvalue weighted by Gasteiger charge is -2.36. The highest BCUT2D eigenvalue weighted by Gasteiger charge is 2.30. The molecule has 0 spiro atoms. The van der Waals surface area contributed by atoms with Crippen molar-refractivity contribution in [3.63, 3.8) is 0 Å². The zero-order chi connectivity index (χ0) is 20.0. The molecular formula is C19H25N5O3S. The summed E-state index contributed by atoms with van der Waals surface area (Å²) in [7, 11) is -3.26. The van der Waals surface area contributed by atoms with Gasteiger partial charge < -0.3 is 4.52 Å². The predicted molar refractivity (Wildman–Crippen MR) is 105 cm³/mol.